The SMILES string of the molecule is Cc1nc(N)sc1-c1nc(CC(C)C)nn1C. The van der Waals surface area contributed by atoms with Crippen LogP contribution in [-0.2, 0) is 13.5 Å². The molecule has 0 atom stereocenters. The van der Waals surface area contributed by atoms with Gasteiger partial charge in [0.1, 0.15) is 0 Å². The molecule has 2 rings (SSSR count). The van der Waals surface area contributed by atoms with Gasteiger partial charge in [-0.1, -0.05) is 25.2 Å². The van der Waals surface area contributed by atoms with Gasteiger partial charge in [-0.3, -0.25) is 0 Å². The van der Waals surface area contributed by atoms with E-state index in [4.69, 9.17) is 5.73 Å². The molecule has 0 radical (unpaired) electrons. The molecule has 0 spiro atoms. The lowest BCUT2D eigenvalue weighted by molar-refractivity contribution is 0.613. The van der Waals surface area contributed by atoms with E-state index in [9.17, 15) is 0 Å². The van der Waals surface area contributed by atoms with Gasteiger partial charge in [-0.25, -0.2) is 14.6 Å². The third kappa shape index (κ3) is 2.46. The van der Waals surface area contributed by atoms with Gasteiger partial charge < -0.3 is 5.73 Å². The van der Waals surface area contributed by atoms with Crippen LogP contribution in [0.25, 0.3) is 10.7 Å². The molecule has 0 amide bonds. The predicted molar refractivity (Wildman–Crippen MR) is 69.8 cm³/mol. The summed E-state index contributed by atoms with van der Waals surface area (Å²) < 4.78 is 1.80. The van der Waals surface area contributed by atoms with E-state index >= 15 is 0 Å². The number of hydrogen-bond donors (Lipinski definition) is 1. The van der Waals surface area contributed by atoms with Crippen molar-refractivity contribution >= 4 is 16.5 Å². The van der Waals surface area contributed by atoms with Crippen molar-refractivity contribution in [3.63, 3.8) is 0 Å². The highest BCUT2D eigenvalue weighted by Crippen LogP contribution is 2.29. The van der Waals surface area contributed by atoms with E-state index in [-0.39, 0.29) is 0 Å². The largest absolute Gasteiger partial charge is 0.375 e. The number of nitrogens with zero attached hydrogens (tertiary/aromatic N) is 4. The Morgan fingerprint density at radius 1 is 1.35 bits per heavy atom. The molecule has 0 saturated carbocycles. The summed E-state index contributed by atoms with van der Waals surface area (Å²) in [5, 5.41) is 5.00. The third-order valence-electron chi connectivity index (χ3n) is 2.41. The van der Waals surface area contributed by atoms with Crippen LogP contribution in [0.1, 0.15) is 25.4 Å². The number of hydrogen-bond acceptors (Lipinski definition) is 5. The second kappa shape index (κ2) is 4.44. The molecular formula is C11H17N5S. The van der Waals surface area contributed by atoms with Crippen molar-refractivity contribution in [3.05, 3.63) is 11.5 Å². The van der Waals surface area contributed by atoms with Gasteiger partial charge in [0.2, 0.25) is 0 Å². The summed E-state index contributed by atoms with van der Waals surface area (Å²) in [4.78, 5) is 9.78. The highest BCUT2D eigenvalue weighted by molar-refractivity contribution is 7.18. The van der Waals surface area contributed by atoms with E-state index in [0.717, 1.165) is 28.6 Å². The fourth-order valence-corrected chi connectivity index (χ4v) is 2.57. The summed E-state index contributed by atoms with van der Waals surface area (Å²) in [7, 11) is 1.90. The first kappa shape index (κ1) is 12.0. The quantitative estimate of drug-likeness (QED) is 0.906. The molecule has 0 bridgehead atoms. The Labute approximate surface area is 105 Å². The first-order valence-corrected chi connectivity index (χ1v) is 6.42. The maximum atomic E-state index is 5.70. The van der Waals surface area contributed by atoms with Gasteiger partial charge in [-0.15, -0.1) is 0 Å². The lowest BCUT2D eigenvalue weighted by Crippen LogP contribution is -1.97. The summed E-state index contributed by atoms with van der Waals surface area (Å²) in [6.07, 6.45) is 0.890. The smallest absolute Gasteiger partial charge is 0.180 e. The molecule has 0 aliphatic heterocycles. The van der Waals surface area contributed by atoms with Crippen molar-refractivity contribution in [2.75, 3.05) is 5.73 Å². The molecular weight excluding hydrogens is 234 g/mol. The highest BCUT2D eigenvalue weighted by Gasteiger charge is 2.15. The van der Waals surface area contributed by atoms with Crippen LogP contribution in [0, 0.1) is 12.8 Å². The van der Waals surface area contributed by atoms with Gasteiger partial charge >= 0.3 is 0 Å². The molecule has 0 aromatic carbocycles. The summed E-state index contributed by atoms with van der Waals surface area (Å²) in [5.74, 6) is 2.29. The number of aromatic nitrogens is 4. The van der Waals surface area contributed by atoms with Gasteiger partial charge in [0.25, 0.3) is 0 Å². The van der Waals surface area contributed by atoms with Crippen molar-refractivity contribution in [3.8, 4) is 10.7 Å². The average molecular weight is 251 g/mol. The molecule has 2 aromatic rings. The minimum Gasteiger partial charge on any atom is -0.375 e. The van der Waals surface area contributed by atoms with E-state index in [2.05, 4.69) is 28.9 Å². The Kier molecular flexibility index (Phi) is 3.15. The Hall–Kier alpha value is -1.43. The summed E-state index contributed by atoms with van der Waals surface area (Å²) in [6, 6.07) is 0. The third-order valence-corrected chi connectivity index (χ3v) is 3.40. The molecule has 92 valence electrons. The lowest BCUT2D eigenvalue weighted by atomic mass is 10.1. The van der Waals surface area contributed by atoms with Gasteiger partial charge in [-0.05, 0) is 12.8 Å². The molecule has 2 aromatic heterocycles. The number of rotatable bonds is 3. The van der Waals surface area contributed by atoms with Crippen LogP contribution in [0.15, 0.2) is 0 Å². The first-order valence-electron chi connectivity index (χ1n) is 5.60. The normalized spacial score (nSPS) is 11.4. The van der Waals surface area contributed by atoms with Crippen molar-refractivity contribution in [1.29, 1.82) is 0 Å². The van der Waals surface area contributed by atoms with Crippen LogP contribution >= 0.6 is 11.3 Å². The van der Waals surface area contributed by atoms with Gasteiger partial charge in [0, 0.05) is 13.5 Å². The standard InChI is InChI=1S/C11H17N5S/c1-6(2)5-8-14-10(16(4)15-8)9-7(3)13-11(12)17-9/h6H,5H2,1-4H3,(H2,12,13). The van der Waals surface area contributed by atoms with Crippen LogP contribution in [0.3, 0.4) is 0 Å². The Morgan fingerprint density at radius 2 is 2.06 bits per heavy atom. The van der Waals surface area contributed by atoms with Crippen LogP contribution in [0.2, 0.25) is 0 Å². The monoisotopic (exact) mass is 251 g/mol. The zero-order valence-corrected chi connectivity index (χ0v) is 11.4. The van der Waals surface area contributed by atoms with E-state index in [0.29, 0.717) is 11.0 Å². The van der Waals surface area contributed by atoms with Crippen molar-refractivity contribution in [2.45, 2.75) is 27.2 Å². The van der Waals surface area contributed by atoms with E-state index in [1.165, 1.54) is 11.3 Å². The zero-order valence-electron chi connectivity index (χ0n) is 10.6. The second-order valence-electron chi connectivity index (χ2n) is 4.54. The van der Waals surface area contributed by atoms with Crippen LogP contribution in [0.4, 0.5) is 5.13 Å². The number of anilines is 1. The Morgan fingerprint density at radius 3 is 2.59 bits per heavy atom. The minimum absolute atomic E-state index is 0.554. The minimum atomic E-state index is 0.554. The first-order chi connectivity index (χ1) is 7.97. The van der Waals surface area contributed by atoms with Crippen LogP contribution in [0.5, 0.6) is 0 Å². The molecule has 2 N–H and O–H groups in total. The van der Waals surface area contributed by atoms with Crippen LogP contribution in [-0.4, -0.2) is 19.7 Å². The molecule has 5 nitrogen and oxygen atoms in total. The predicted octanol–water partition coefficient (Wildman–Crippen LogP) is 2.03. The van der Waals surface area contributed by atoms with Crippen molar-refractivity contribution in [1.82, 2.24) is 19.7 Å². The molecule has 0 unspecified atom stereocenters. The molecule has 6 heteroatoms. The maximum absolute atomic E-state index is 5.70. The van der Waals surface area contributed by atoms with E-state index in [1.807, 2.05) is 14.0 Å². The fourth-order valence-electron chi connectivity index (χ4n) is 1.71. The topological polar surface area (TPSA) is 69.6 Å². The highest BCUT2D eigenvalue weighted by atomic mass is 32.1. The Balaban J connectivity index is 2.39. The van der Waals surface area contributed by atoms with E-state index in [1.54, 1.807) is 4.68 Å². The fraction of sp³-hybridized carbons (Fsp3) is 0.545. The van der Waals surface area contributed by atoms with Crippen molar-refractivity contribution < 1.29 is 0 Å². The van der Waals surface area contributed by atoms with E-state index < -0.39 is 0 Å². The summed E-state index contributed by atoms with van der Waals surface area (Å²) in [5.41, 5.74) is 6.62. The number of thiazole rings is 1. The summed E-state index contributed by atoms with van der Waals surface area (Å²) in [6.45, 7) is 6.26. The Bertz CT molecular complexity index is 526. The molecule has 17 heavy (non-hydrogen) atoms. The number of nitrogens with two attached hydrogens (primary N) is 1. The summed E-state index contributed by atoms with van der Waals surface area (Å²) >= 11 is 1.46. The number of aryl methyl sites for hydroxylation is 2. The van der Waals surface area contributed by atoms with Gasteiger partial charge in [0.05, 0.1) is 10.6 Å². The lowest BCUT2D eigenvalue weighted by Gasteiger charge is -1.96. The number of nitrogen functional groups attached to an aromatic ring is 1. The molecule has 0 aliphatic carbocycles. The molecule has 0 aliphatic rings. The second-order valence-corrected chi connectivity index (χ2v) is 5.57. The van der Waals surface area contributed by atoms with Gasteiger partial charge in [-0.2, -0.15) is 5.10 Å². The molecule has 0 fully saturated rings. The van der Waals surface area contributed by atoms with Crippen molar-refractivity contribution in [2.24, 2.45) is 13.0 Å². The van der Waals surface area contributed by atoms with Crippen LogP contribution < -0.4 is 5.73 Å². The molecule has 0 saturated heterocycles. The van der Waals surface area contributed by atoms with Gasteiger partial charge in [0.15, 0.2) is 16.8 Å². The maximum Gasteiger partial charge on any atom is 0.180 e. The molecule has 2 heterocycles. The zero-order chi connectivity index (χ0) is 12.6. The average Bonchev–Trinajstić information content (AvgIpc) is 2.69.